The Balaban J connectivity index is 1.41. The molecule has 0 aliphatic carbocycles. The molecule has 0 spiro atoms. The van der Waals surface area contributed by atoms with E-state index in [0.717, 1.165) is 34.9 Å². The lowest BCUT2D eigenvalue weighted by atomic mass is 10.2. The van der Waals surface area contributed by atoms with Crippen LogP contribution in [-0.4, -0.2) is 22.3 Å². The zero-order valence-electron chi connectivity index (χ0n) is 16.7. The number of nitrogens with zero attached hydrogens (tertiary/aromatic N) is 1. The second kappa shape index (κ2) is 11.0. The standard InChI is InChI=1S/C23H24ClNO4S/c1-17-13-19(25(27)23(26)14-17)16-29-21-6-4-5-20(15-21)28-11-2-3-12-30-22-9-7-18(24)8-10-22/h4-10,13-15,27H,2-3,11-12,16H2,1H3. The van der Waals surface area contributed by atoms with Crippen molar-refractivity contribution in [2.45, 2.75) is 31.3 Å². The zero-order valence-corrected chi connectivity index (χ0v) is 18.3. The molecule has 2 aromatic carbocycles. The van der Waals surface area contributed by atoms with Gasteiger partial charge >= 0.3 is 0 Å². The quantitative estimate of drug-likeness (QED) is 0.251. The van der Waals surface area contributed by atoms with E-state index in [-0.39, 0.29) is 6.61 Å². The largest absolute Gasteiger partial charge is 0.493 e. The van der Waals surface area contributed by atoms with Gasteiger partial charge in [-0.15, -0.1) is 16.5 Å². The van der Waals surface area contributed by atoms with E-state index in [2.05, 4.69) is 0 Å². The van der Waals surface area contributed by atoms with E-state index in [1.165, 1.54) is 11.0 Å². The highest BCUT2D eigenvalue weighted by Gasteiger charge is 2.06. The third-order valence-corrected chi connectivity index (χ3v) is 5.66. The maximum Gasteiger partial charge on any atom is 0.283 e. The second-order valence-electron chi connectivity index (χ2n) is 6.80. The number of halogens is 1. The van der Waals surface area contributed by atoms with Crippen molar-refractivity contribution in [2.75, 3.05) is 12.4 Å². The molecule has 0 aliphatic rings. The van der Waals surface area contributed by atoms with Gasteiger partial charge in [0.15, 0.2) is 0 Å². The fourth-order valence-corrected chi connectivity index (χ4v) is 3.83. The van der Waals surface area contributed by atoms with Gasteiger partial charge in [0.1, 0.15) is 18.1 Å². The van der Waals surface area contributed by atoms with Crippen LogP contribution in [0.3, 0.4) is 0 Å². The zero-order chi connectivity index (χ0) is 21.3. The molecule has 0 amide bonds. The second-order valence-corrected chi connectivity index (χ2v) is 8.40. The molecule has 0 atom stereocenters. The fourth-order valence-electron chi connectivity index (χ4n) is 2.79. The average Bonchev–Trinajstić information content (AvgIpc) is 2.74. The molecule has 0 saturated carbocycles. The third kappa shape index (κ3) is 6.75. The van der Waals surface area contributed by atoms with Crippen molar-refractivity contribution >= 4 is 23.4 Å². The first kappa shape index (κ1) is 22.1. The van der Waals surface area contributed by atoms with Gasteiger partial charge in [-0.2, -0.15) is 0 Å². The van der Waals surface area contributed by atoms with E-state index in [4.69, 9.17) is 21.1 Å². The minimum absolute atomic E-state index is 0.0821. The van der Waals surface area contributed by atoms with Gasteiger partial charge < -0.3 is 14.7 Å². The maximum atomic E-state index is 11.6. The van der Waals surface area contributed by atoms with Crippen LogP contribution in [0.25, 0.3) is 0 Å². The van der Waals surface area contributed by atoms with Gasteiger partial charge in [0.05, 0.1) is 12.3 Å². The summed E-state index contributed by atoms with van der Waals surface area (Å²) in [7, 11) is 0. The number of hydrogen-bond donors (Lipinski definition) is 1. The van der Waals surface area contributed by atoms with Crippen LogP contribution in [0.15, 0.2) is 70.4 Å². The van der Waals surface area contributed by atoms with Gasteiger partial charge in [-0.1, -0.05) is 17.7 Å². The first-order valence-electron chi connectivity index (χ1n) is 9.67. The summed E-state index contributed by atoms with van der Waals surface area (Å²) >= 11 is 7.70. The predicted octanol–water partition coefficient (Wildman–Crippen LogP) is 5.58. The average molecular weight is 446 g/mol. The summed E-state index contributed by atoms with van der Waals surface area (Å²) in [4.78, 5) is 12.9. The first-order chi connectivity index (χ1) is 14.5. The van der Waals surface area contributed by atoms with Crippen LogP contribution >= 0.6 is 23.4 Å². The van der Waals surface area contributed by atoms with Crippen molar-refractivity contribution < 1.29 is 14.7 Å². The van der Waals surface area contributed by atoms with Crippen molar-refractivity contribution in [1.82, 2.24) is 4.73 Å². The molecular weight excluding hydrogens is 422 g/mol. The molecule has 5 nitrogen and oxygen atoms in total. The fraction of sp³-hybridized carbons (Fsp3) is 0.261. The number of aromatic nitrogens is 1. The molecule has 0 saturated heterocycles. The molecule has 158 valence electrons. The van der Waals surface area contributed by atoms with E-state index in [9.17, 15) is 10.0 Å². The Kier molecular flexibility index (Phi) is 8.11. The van der Waals surface area contributed by atoms with Crippen molar-refractivity contribution in [3.63, 3.8) is 0 Å². The number of unbranched alkanes of at least 4 members (excludes halogenated alkanes) is 1. The van der Waals surface area contributed by atoms with Crippen molar-refractivity contribution in [2.24, 2.45) is 0 Å². The van der Waals surface area contributed by atoms with Crippen LogP contribution < -0.4 is 15.0 Å². The summed E-state index contributed by atoms with van der Waals surface area (Å²) in [6, 6.07) is 18.3. The van der Waals surface area contributed by atoms with Gasteiger partial charge in [-0.3, -0.25) is 4.79 Å². The molecule has 0 aliphatic heterocycles. The summed E-state index contributed by atoms with van der Waals surface area (Å²) < 4.78 is 12.1. The lowest BCUT2D eigenvalue weighted by Gasteiger charge is -2.11. The Bertz CT molecular complexity index is 1020. The number of pyridine rings is 1. The van der Waals surface area contributed by atoms with Gasteiger partial charge in [-0.25, -0.2) is 0 Å². The van der Waals surface area contributed by atoms with Crippen molar-refractivity contribution in [1.29, 1.82) is 0 Å². The number of aryl methyl sites for hydroxylation is 1. The number of thioether (sulfide) groups is 1. The Morgan fingerprint density at radius 2 is 1.73 bits per heavy atom. The minimum atomic E-state index is -0.472. The van der Waals surface area contributed by atoms with Gasteiger partial charge in [0, 0.05) is 22.1 Å². The Morgan fingerprint density at radius 1 is 1.00 bits per heavy atom. The number of hydrogen-bond acceptors (Lipinski definition) is 5. The van der Waals surface area contributed by atoms with Gasteiger partial charge in [0.2, 0.25) is 0 Å². The number of benzene rings is 2. The highest BCUT2D eigenvalue weighted by atomic mass is 35.5. The minimum Gasteiger partial charge on any atom is -0.493 e. The molecule has 7 heteroatoms. The lowest BCUT2D eigenvalue weighted by molar-refractivity contribution is 0.147. The van der Waals surface area contributed by atoms with Crippen LogP contribution in [0, 0.1) is 6.92 Å². The SMILES string of the molecule is Cc1cc(COc2cccc(OCCCCSc3ccc(Cl)cc3)c2)n(O)c(=O)c1. The van der Waals surface area contributed by atoms with Crippen molar-refractivity contribution in [3.05, 3.63) is 87.3 Å². The first-order valence-corrected chi connectivity index (χ1v) is 11.0. The Hall–Kier alpha value is -2.57. The third-order valence-electron chi connectivity index (χ3n) is 4.31. The summed E-state index contributed by atoms with van der Waals surface area (Å²) in [6.07, 6.45) is 2.00. The molecule has 0 radical (unpaired) electrons. The lowest BCUT2D eigenvalue weighted by Crippen LogP contribution is -2.21. The van der Waals surface area contributed by atoms with E-state index in [0.29, 0.717) is 22.8 Å². The number of ether oxygens (including phenoxy) is 2. The molecule has 3 aromatic rings. The van der Waals surface area contributed by atoms with Crippen LogP contribution in [0.4, 0.5) is 0 Å². The van der Waals surface area contributed by atoms with E-state index in [1.807, 2.05) is 42.5 Å². The normalized spacial score (nSPS) is 10.7. The molecule has 0 unspecified atom stereocenters. The van der Waals surface area contributed by atoms with Crippen LogP contribution in [0.5, 0.6) is 11.5 Å². The predicted molar refractivity (Wildman–Crippen MR) is 120 cm³/mol. The molecular formula is C23H24ClNO4S. The van der Waals surface area contributed by atoms with Crippen LogP contribution in [-0.2, 0) is 6.61 Å². The van der Waals surface area contributed by atoms with Crippen LogP contribution in [0.2, 0.25) is 5.02 Å². The van der Waals surface area contributed by atoms with Gasteiger partial charge in [0.25, 0.3) is 5.56 Å². The van der Waals surface area contributed by atoms with E-state index >= 15 is 0 Å². The highest BCUT2D eigenvalue weighted by Crippen LogP contribution is 2.23. The maximum absolute atomic E-state index is 11.6. The van der Waals surface area contributed by atoms with Crippen molar-refractivity contribution in [3.8, 4) is 11.5 Å². The topological polar surface area (TPSA) is 60.7 Å². The molecule has 1 heterocycles. The summed E-state index contributed by atoms with van der Waals surface area (Å²) in [5, 5.41) is 10.6. The van der Waals surface area contributed by atoms with Crippen LogP contribution in [0.1, 0.15) is 24.1 Å². The molecule has 0 bridgehead atoms. The molecule has 0 fully saturated rings. The molecule has 3 rings (SSSR count). The Labute approximate surface area is 185 Å². The molecule has 1 aromatic heterocycles. The smallest absolute Gasteiger partial charge is 0.283 e. The number of rotatable bonds is 10. The highest BCUT2D eigenvalue weighted by molar-refractivity contribution is 7.99. The monoisotopic (exact) mass is 445 g/mol. The van der Waals surface area contributed by atoms with E-state index < -0.39 is 5.56 Å². The van der Waals surface area contributed by atoms with E-state index in [1.54, 1.807) is 30.8 Å². The Morgan fingerprint density at radius 3 is 2.50 bits per heavy atom. The molecule has 1 N–H and O–H groups in total. The summed E-state index contributed by atoms with van der Waals surface area (Å²) in [6.45, 7) is 2.50. The summed E-state index contributed by atoms with van der Waals surface area (Å²) in [5.41, 5.74) is 0.694. The van der Waals surface area contributed by atoms with Gasteiger partial charge in [-0.05, 0) is 73.5 Å². The summed E-state index contributed by atoms with van der Waals surface area (Å²) in [5.74, 6) is 2.36. The molecule has 30 heavy (non-hydrogen) atoms.